The predicted molar refractivity (Wildman–Crippen MR) is 133 cm³/mol. The number of nitrogens with one attached hydrogen (secondary N) is 2. The van der Waals surface area contributed by atoms with Crippen LogP contribution in [0.5, 0.6) is 5.75 Å². The smallest absolute Gasteiger partial charge is 0.501 e. The lowest BCUT2D eigenvalue weighted by Crippen LogP contribution is -2.40. The Hall–Kier alpha value is -3.53. The molecule has 0 saturated heterocycles. The van der Waals surface area contributed by atoms with Crippen LogP contribution in [0.2, 0.25) is 0 Å². The van der Waals surface area contributed by atoms with Crippen LogP contribution in [0, 0.1) is 5.89 Å². The highest BCUT2D eigenvalue weighted by molar-refractivity contribution is 5.82. The van der Waals surface area contributed by atoms with Crippen molar-refractivity contribution in [3.05, 3.63) is 47.7 Å². The fraction of sp³-hybridized carbons (Fsp3) is 0.500. The van der Waals surface area contributed by atoms with E-state index in [9.17, 15) is 14.4 Å². The minimum Gasteiger partial charge on any atom is -0.501 e. The van der Waals surface area contributed by atoms with Crippen molar-refractivity contribution in [3.8, 4) is 5.75 Å². The second-order valence-corrected chi connectivity index (χ2v) is 8.13. The SMILES string of the molecule is [2H]/C(=C(/[2H])C1([2H])C=C(OC([2H])([2H])[2H])CC([2H])(OC([2H])([2H])[2H])C1([2H])[2H])c1ccc(OC(=O)OCCNC(=O)CNC(=O)OC(C)(C)C)cc1. The van der Waals surface area contributed by atoms with E-state index in [0.717, 1.165) is 0 Å². The quantitative estimate of drug-likeness (QED) is 0.274. The molecule has 10 nitrogen and oxygen atoms in total. The maximum atomic E-state index is 12.0. The van der Waals surface area contributed by atoms with Crippen molar-refractivity contribution >= 4 is 24.2 Å². The Bertz CT molecular complexity index is 1410. The van der Waals surface area contributed by atoms with Crippen LogP contribution in [0.25, 0.3) is 6.05 Å². The number of carbonyl (C=O) groups excluding carboxylic acids is 3. The summed E-state index contributed by atoms with van der Waals surface area (Å²) in [5, 5.41) is 4.66. The first-order valence-corrected chi connectivity index (χ1v) is 10.7. The van der Waals surface area contributed by atoms with Gasteiger partial charge in [0, 0.05) is 23.5 Å². The fourth-order valence-corrected chi connectivity index (χ4v) is 2.52. The van der Waals surface area contributed by atoms with E-state index in [1.807, 2.05) is 0 Å². The Labute approximate surface area is 228 Å². The Morgan fingerprint density at radius 3 is 2.69 bits per heavy atom. The molecule has 1 aliphatic carbocycles. The number of rotatable bonds is 10. The van der Waals surface area contributed by atoms with Gasteiger partial charge in [0.25, 0.3) is 0 Å². The summed E-state index contributed by atoms with van der Waals surface area (Å²) >= 11 is 0. The van der Waals surface area contributed by atoms with Gasteiger partial charge in [0.05, 0.1) is 44.3 Å². The van der Waals surface area contributed by atoms with Crippen LogP contribution in [0.4, 0.5) is 9.59 Å². The van der Waals surface area contributed by atoms with E-state index in [-0.39, 0.29) is 31.0 Å². The zero-order valence-corrected chi connectivity index (χ0v) is 20.0. The number of amides is 2. The molecule has 0 aliphatic heterocycles. The molecule has 1 aliphatic rings. The lowest BCUT2D eigenvalue weighted by atomic mass is 9.91. The molecule has 1 aromatic carbocycles. The number of benzene rings is 1. The van der Waals surface area contributed by atoms with E-state index < -0.39 is 80.5 Å². The molecule has 0 fully saturated rings. The van der Waals surface area contributed by atoms with Crippen molar-refractivity contribution in [2.24, 2.45) is 5.89 Å². The molecule has 10 heteroatoms. The van der Waals surface area contributed by atoms with Crippen LogP contribution >= 0.6 is 0 Å². The van der Waals surface area contributed by atoms with Crippen LogP contribution in [0.1, 0.15) is 55.6 Å². The third-order valence-corrected chi connectivity index (χ3v) is 4.00. The van der Waals surface area contributed by atoms with Crippen molar-refractivity contribution < 1.29 is 54.5 Å². The first-order valence-electron chi connectivity index (χ1n) is 16.7. The summed E-state index contributed by atoms with van der Waals surface area (Å²) in [6.45, 7) is 4.18. The van der Waals surface area contributed by atoms with Crippen LogP contribution in [0.3, 0.4) is 0 Å². The van der Waals surface area contributed by atoms with Gasteiger partial charge in [-0.3, -0.25) is 4.79 Å². The number of alkyl carbamates (subject to hydrolysis) is 1. The molecular weight excluding hydrogens is 468 g/mol. The minimum atomic E-state index is -3.36. The van der Waals surface area contributed by atoms with Crippen molar-refractivity contribution in [1.29, 1.82) is 0 Å². The van der Waals surface area contributed by atoms with E-state index in [1.54, 1.807) is 20.8 Å². The number of hydrogen-bond acceptors (Lipinski definition) is 8. The lowest BCUT2D eigenvalue weighted by molar-refractivity contribution is -0.120. The van der Waals surface area contributed by atoms with Gasteiger partial charge < -0.3 is 34.3 Å². The largest absolute Gasteiger partial charge is 0.513 e. The molecule has 2 atom stereocenters. The van der Waals surface area contributed by atoms with Gasteiger partial charge in [0.1, 0.15) is 18.0 Å². The zero-order valence-electron chi connectivity index (χ0n) is 32.0. The van der Waals surface area contributed by atoms with E-state index >= 15 is 0 Å². The first-order chi connectivity index (χ1) is 21.7. The van der Waals surface area contributed by atoms with E-state index in [4.69, 9.17) is 35.4 Å². The highest BCUT2D eigenvalue weighted by Gasteiger charge is 2.21. The number of hydrogen-bond donors (Lipinski definition) is 2. The van der Waals surface area contributed by atoms with E-state index in [1.165, 1.54) is 24.3 Å². The topological polar surface area (TPSA) is 121 Å². The zero-order chi connectivity index (χ0) is 36.9. The molecule has 0 aromatic heterocycles. The van der Waals surface area contributed by atoms with Crippen molar-refractivity contribution in [3.63, 3.8) is 0 Å². The Morgan fingerprint density at radius 2 is 2.00 bits per heavy atom. The van der Waals surface area contributed by atoms with Gasteiger partial charge in [-0.2, -0.15) is 0 Å². The Balaban J connectivity index is 2.12. The molecular formula is C26H36N2O8. The number of carbonyl (C=O) groups is 3. The van der Waals surface area contributed by atoms with Gasteiger partial charge in [-0.1, -0.05) is 24.2 Å². The van der Waals surface area contributed by atoms with Gasteiger partial charge >= 0.3 is 12.2 Å². The Kier molecular flexibility index (Phi) is 6.11. The highest BCUT2D eigenvalue weighted by Crippen LogP contribution is 2.27. The van der Waals surface area contributed by atoms with Crippen molar-refractivity contribution in [1.82, 2.24) is 10.6 Å². The van der Waals surface area contributed by atoms with Crippen LogP contribution in [0.15, 0.2) is 42.2 Å². The van der Waals surface area contributed by atoms with Gasteiger partial charge in [-0.25, -0.2) is 9.59 Å². The molecule has 2 rings (SSSR count). The second-order valence-electron chi connectivity index (χ2n) is 8.13. The van der Waals surface area contributed by atoms with Gasteiger partial charge in [0.2, 0.25) is 5.91 Å². The minimum absolute atomic E-state index is 0.0910. The molecule has 36 heavy (non-hydrogen) atoms. The highest BCUT2D eigenvalue weighted by atomic mass is 16.7. The Morgan fingerprint density at radius 1 is 1.22 bits per heavy atom. The molecule has 0 radical (unpaired) electrons. The van der Waals surface area contributed by atoms with Crippen LogP contribution < -0.4 is 15.4 Å². The molecule has 0 spiro atoms. The normalized spacial score (nSPS) is 29.2. The maximum absolute atomic E-state index is 12.0. The summed E-state index contributed by atoms with van der Waals surface area (Å²) in [6.07, 6.45) is -8.86. The van der Waals surface area contributed by atoms with E-state index in [0.29, 0.717) is 6.08 Å². The van der Waals surface area contributed by atoms with Crippen LogP contribution in [-0.4, -0.2) is 63.6 Å². The van der Waals surface area contributed by atoms with Crippen molar-refractivity contribution in [2.45, 2.75) is 45.2 Å². The molecule has 1 aromatic rings. The number of methoxy groups -OCH3 is 2. The lowest BCUT2D eigenvalue weighted by Gasteiger charge is -2.25. The fourth-order valence-electron chi connectivity index (χ4n) is 2.52. The monoisotopic (exact) mass is 516 g/mol. The molecule has 2 amide bonds. The summed E-state index contributed by atoms with van der Waals surface area (Å²) in [6, 6.07) is 2.84. The number of ether oxygens (including phenoxy) is 5. The standard InChI is InChI=1S/C26H36N2O8/c1-26(2,3)36-24(30)28-17-23(29)27-12-13-34-25(31)35-20-10-8-18(9-11-20)6-7-19-14-21(32-4)16-22(15-19)33-5/h6-11,14,19,22H,12-13,15-17H2,1-5H3,(H,27,29)(H,28,30)/b7-6+/i4D3,5D3,6D,7D,15D2,19D,22D. The van der Waals surface area contributed by atoms with Crippen molar-refractivity contribution in [2.75, 3.05) is 33.8 Å². The molecule has 2 N–H and O–H groups in total. The average molecular weight is 517 g/mol. The first kappa shape index (κ1) is 15.6. The molecule has 0 saturated carbocycles. The summed E-state index contributed by atoms with van der Waals surface area (Å²) in [5.74, 6) is -4.43. The second kappa shape index (κ2) is 14.1. The third-order valence-electron chi connectivity index (χ3n) is 4.00. The van der Waals surface area contributed by atoms with Gasteiger partial charge in [-0.05, 0) is 50.9 Å². The number of allylic oxidation sites excluding steroid dienone is 2. The van der Waals surface area contributed by atoms with E-state index in [2.05, 4.69) is 15.4 Å². The molecule has 0 bridgehead atoms. The maximum Gasteiger partial charge on any atom is 0.513 e. The summed E-state index contributed by atoms with van der Waals surface area (Å²) in [4.78, 5) is 35.4. The summed E-state index contributed by atoms with van der Waals surface area (Å²) in [7, 11) is -6.50. The summed E-state index contributed by atoms with van der Waals surface area (Å²) in [5.41, 5.74) is -0.842. The molecule has 2 unspecified atom stereocenters. The predicted octanol–water partition coefficient (Wildman–Crippen LogP) is 3.81. The van der Waals surface area contributed by atoms with Crippen LogP contribution in [-0.2, 0) is 23.7 Å². The van der Waals surface area contributed by atoms with Gasteiger partial charge in [0.15, 0.2) is 0 Å². The summed E-state index contributed by atoms with van der Waals surface area (Å²) < 4.78 is 120. The molecule has 198 valence electrons. The third kappa shape index (κ3) is 11.3. The van der Waals surface area contributed by atoms with Gasteiger partial charge in [-0.15, -0.1) is 0 Å². The molecule has 0 heterocycles. The average Bonchev–Trinajstić information content (AvgIpc) is 2.90.